The fraction of sp³-hybridized carbons (Fsp3) is 0.148. The zero-order valence-electron chi connectivity index (χ0n) is 18.8. The van der Waals surface area contributed by atoms with Crippen molar-refractivity contribution in [2.24, 2.45) is 0 Å². The van der Waals surface area contributed by atoms with Crippen LogP contribution >= 0.6 is 0 Å². The van der Waals surface area contributed by atoms with Crippen LogP contribution in [0.2, 0.25) is 0 Å². The van der Waals surface area contributed by atoms with Crippen molar-refractivity contribution in [1.82, 2.24) is 15.5 Å². The van der Waals surface area contributed by atoms with Crippen molar-refractivity contribution in [3.63, 3.8) is 0 Å². The molecule has 0 unspecified atom stereocenters. The second-order valence-corrected chi connectivity index (χ2v) is 7.69. The van der Waals surface area contributed by atoms with Crippen molar-refractivity contribution in [3.8, 4) is 17.0 Å². The van der Waals surface area contributed by atoms with E-state index in [2.05, 4.69) is 27.8 Å². The summed E-state index contributed by atoms with van der Waals surface area (Å²) in [7, 11) is 0. The summed E-state index contributed by atoms with van der Waals surface area (Å²) in [5, 5.41) is 14.5. The topological polar surface area (TPSA) is 76.1 Å². The highest BCUT2D eigenvalue weighted by Crippen LogP contribution is 2.20. The van der Waals surface area contributed by atoms with Crippen LogP contribution in [0.15, 0.2) is 84.9 Å². The first kappa shape index (κ1) is 22.9. The first-order valence-electron chi connectivity index (χ1n) is 11.1. The van der Waals surface area contributed by atoms with Crippen molar-refractivity contribution < 1.29 is 13.9 Å². The lowest BCUT2D eigenvalue weighted by molar-refractivity contribution is 0.0951. The number of hydrogen-bond donors (Lipinski definition) is 2. The SMILES string of the molecule is CCCOc1ccc(CNC(=O)c2cccc(Nc3ccc(-c4ccc(F)cc4)nn3)c2)cc1. The predicted molar refractivity (Wildman–Crippen MR) is 131 cm³/mol. The van der Waals surface area contributed by atoms with Crippen LogP contribution < -0.4 is 15.4 Å². The maximum absolute atomic E-state index is 13.1. The second kappa shape index (κ2) is 11.0. The number of carbonyl (C=O) groups is 1. The number of nitrogens with zero attached hydrogens (tertiary/aromatic N) is 2. The first-order valence-corrected chi connectivity index (χ1v) is 11.1. The summed E-state index contributed by atoms with van der Waals surface area (Å²) in [6.07, 6.45) is 0.958. The highest BCUT2D eigenvalue weighted by molar-refractivity contribution is 5.95. The fourth-order valence-electron chi connectivity index (χ4n) is 3.27. The number of ether oxygens (including phenoxy) is 1. The third-order valence-corrected chi connectivity index (χ3v) is 5.05. The van der Waals surface area contributed by atoms with E-state index in [4.69, 9.17) is 4.74 Å². The number of amides is 1. The molecule has 1 amide bonds. The van der Waals surface area contributed by atoms with Gasteiger partial charge in [0.2, 0.25) is 0 Å². The molecular formula is C27H25FN4O2. The Kier molecular flexibility index (Phi) is 7.45. The lowest BCUT2D eigenvalue weighted by Crippen LogP contribution is -2.22. The third-order valence-electron chi connectivity index (χ3n) is 5.05. The van der Waals surface area contributed by atoms with E-state index in [1.807, 2.05) is 30.3 Å². The molecule has 0 bridgehead atoms. The Balaban J connectivity index is 1.35. The van der Waals surface area contributed by atoms with Crippen molar-refractivity contribution in [1.29, 1.82) is 0 Å². The Morgan fingerprint density at radius 2 is 1.74 bits per heavy atom. The molecule has 3 aromatic carbocycles. The average molecular weight is 457 g/mol. The predicted octanol–water partition coefficient (Wildman–Crippen LogP) is 5.75. The average Bonchev–Trinajstić information content (AvgIpc) is 2.88. The smallest absolute Gasteiger partial charge is 0.251 e. The van der Waals surface area contributed by atoms with Crippen molar-refractivity contribution in [2.75, 3.05) is 11.9 Å². The van der Waals surface area contributed by atoms with E-state index in [9.17, 15) is 9.18 Å². The summed E-state index contributed by atoms with van der Waals surface area (Å²) >= 11 is 0. The van der Waals surface area contributed by atoms with Gasteiger partial charge in [0, 0.05) is 23.4 Å². The fourth-order valence-corrected chi connectivity index (χ4v) is 3.27. The van der Waals surface area contributed by atoms with Gasteiger partial charge in [0.1, 0.15) is 11.6 Å². The quantitative estimate of drug-likeness (QED) is 0.336. The zero-order valence-corrected chi connectivity index (χ0v) is 18.8. The monoisotopic (exact) mass is 456 g/mol. The van der Waals surface area contributed by atoms with Gasteiger partial charge >= 0.3 is 0 Å². The summed E-state index contributed by atoms with van der Waals surface area (Å²) in [5.41, 5.74) is 3.66. The van der Waals surface area contributed by atoms with E-state index in [0.29, 0.717) is 35.9 Å². The van der Waals surface area contributed by atoms with Gasteiger partial charge in [0.15, 0.2) is 5.82 Å². The van der Waals surface area contributed by atoms with Gasteiger partial charge < -0.3 is 15.4 Å². The molecule has 0 saturated heterocycles. The van der Waals surface area contributed by atoms with Crippen LogP contribution in [-0.2, 0) is 6.54 Å². The Morgan fingerprint density at radius 3 is 2.44 bits per heavy atom. The van der Waals surface area contributed by atoms with Crippen LogP contribution in [0.5, 0.6) is 5.75 Å². The largest absolute Gasteiger partial charge is 0.494 e. The van der Waals surface area contributed by atoms with Crippen LogP contribution in [0.3, 0.4) is 0 Å². The molecule has 0 aliphatic rings. The molecule has 34 heavy (non-hydrogen) atoms. The Bertz CT molecular complexity index is 1230. The number of anilines is 2. The van der Waals surface area contributed by atoms with E-state index in [-0.39, 0.29) is 11.7 Å². The summed E-state index contributed by atoms with van der Waals surface area (Å²) in [6, 6.07) is 24.5. The summed E-state index contributed by atoms with van der Waals surface area (Å²) in [4.78, 5) is 12.6. The highest BCUT2D eigenvalue weighted by Gasteiger charge is 2.08. The Hall–Kier alpha value is -4.26. The maximum atomic E-state index is 13.1. The summed E-state index contributed by atoms with van der Waals surface area (Å²) in [6.45, 7) is 3.17. The van der Waals surface area contributed by atoms with E-state index < -0.39 is 0 Å². The van der Waals surface area contributed by atoms with Gasteiger partial charge in [-0.3, -0.25) is 4.79 Å². The molecule has 0 spiro atoms. The maximum Gasteiger partial charge on any atom is 0.251 e. The molecule has 4 aromatic rings. The van der Waals surface area contributed by atoms with E-state index >= 15 is 0 Å². The molecule has 6 nitrogen and oxygen atoms in total. The van der Waals surface area contributed by atoms with Crippen molar-refractivity contribution in [2.45, 2.75) is 19.9 Å². The van der Waals surface area contributed by atoms with Gasteiger partial charge in [-0.15, -0.1) is 10.2 Å². The van der Waals surface area contributed by atoms with Crippen LogP contribution in [0.1, 0.15) is 29.3 Å². The number of hydrogen-bond acceptors (Lipinski definition) is 5. The standard InChI is InChI=1S/C27H25FN4O2/c1-2-16-34-24-12-6-19(7-13-24)18-29-27(33)21-4-3-5-23(17-21)30-26-15-14-25(31-32-26)20-8-10-22(28)11-9-20/h3-15,17H,2,16,18H2,1H3,(H,29,33)(H,30,32). The lowest BCUT2D eigenvalue weighted by atomic mass is 10.1. The molecule has 1 heterocycles. The van der Waals surface area contributed by atoms with Gasteiger partial charge in [0.25, 0.3) is 5.91 Å². The van der Waals surface area contributed by atoms with E-state index in [1.165, 1.54) is 12.1 Å². The molecule has 0 aliphatic carbocycles. The van der Waals surface area contributed by atoms with Gasteiger partial charge in [-0.2, -0.15) is 0 Å². The molecule has 0 saturated carbocycles. The molecule has 7 heteroatoms. The second-order valence-electron chi connectivity index (χ2n) is 7.69. The van der Waals surface area contributed by atoms with Crippen LogP contribution in [0.4, 0.5) is 15.9 Å². The summed E-state index contributed by atoms with van der Waals surface area (Å²) < 4.78 is 18.7. The molecule has 0 radical (unpaired) electrons. The molecular weight excluding hydrogens is 431 g/mol. The number of benzene rings is 3. The highest BCUT2D eigenvalue weighted by atomic mass is 19.1. The van der Waals surface area contributed by atoms with Gasteiger partial charge in [-0.25, -0.2) is 4.39 Å². The minimum absolute atomic E-state index is 0.173. The van der Waals surface area contributed by atoms with Crippen LogP contribution in [-0.4, -0.2) is 22.7 Å². The molecule has 0 atom stereocenters. The Morgan fingerprint density at radius 1 is 0.941 bits per heavy atom. The summed E-state index contributed by atoms with van der Waals surface area (Å²) in [5.74, 6) is 0.889. The molecule has 4 rings (SSSR count). The molecule has 0 fully saturated rings. The van der Waals surface area contributed by atoms with E-state index in [0.717, 1.165) is 23.3 Å². The normalized spacial score (nSPS) is 10.5. The number of carbonyl (C=O) groups excluding carboxylic acids is 1. The zero-order chi connectivity index (χ0) is 23.8. The van der Waals surface area contributed by atoms with E-state index in [1.54, 1.807) is 42.5 Å². The van der Waals surface area contributed by atoms with Gasteiger partial charge in [-0.05, 0) is 78.7 Å². The number of aromatic nitrogens is 2. The van der Waals surface area contributed by atoms with Crippen molar-refractivity contribution >= 4 is 17.4 Å². The number of rotatable bonds is 9. The van der Waals surface area contributed by atoms with Crippen LogP contribution in [0, 0.1) is 5.82 Å². The van der Waals surface area contributed by atoms with Crippen molar-refractivity contribution in [3.05, 3.63) is 102 Å². The molecule has 2 N–H and O–H groups in total. The Labute approximate surface area is 197 Å². The molecule has 1 aromatic heterocycles. The molecule has 0 aliphatic heterocycles. The third kappa shape index (κ3) is 6.16. The lowest BCUT2D eigenvalue weighted by Gasteiger charge is -2.10. The van der Waals surface area contributed by atoms with Crippen LogP contribution in [0.25, 0.3) is 11.3 Å². The minimum Gasteiger partial charge on any atom is -0.494 e. The minimum atomic E-state index is -0.297. The number of halogens is 1. The van der Waals surface area contributed by atoms with Gasteiger partial charge in [-0.1, -0.05) is 25.1 Å². The first-order chi connectivity index (χ1) is 16.6. The molecule has 172 valence electrons. The number of nitrogens with one attached hydrogen (secondary N) is 2. The van der Waals surface area contributed by atoms with Gasteiger partial charge in [0.05, 0.1) is 12.3 Å².